The van der Waals surface area contributed by atoms with Gasteiger partial charge in [-0.1, -0.05) is 13.8 Å². The van der Waals surface area contributed by atoms with Gasteiger partial charge in [0.05, 0.1) is 12.3 Å². The van der Waals surface area contributed by atoms with Crippen LogP contribution in [0.15, 0.2) is 0 Å². The Morgan fingerprint density at radius 2 is 2.14 bits per heavy atom. The Hall–Kier alpha value is -1.10. The molecule has 1 aliphatic carbocycles. The standard InChI is InChI=1S/C16H26N2O2S/c1-5-11(6-2)18(4)16-17-14-12(15(19)20-7-3)9-8-10-13(14)21-16/h11-12H,5-10H2,1-4H3. The molecule has 0 radical (unpaired) electrons. The number of nitrogens with zero attached hydrogens (tertiary/aromatic N) is 2. The molecule has 0 bridgehead atoms. The Kier molecular flexibility index (Phi) is 5.62. The predicted octanol–water partition coefficient (Wildman–Crippen LogP) is 3.75. The molecular formula is C16H26N2O2S. The Morgan fingerprint density at radius 1 is 1.43 bits per heavy atom. The zero-order valence-electron chi connectivity index (χ0n) is 13.5. The van der Waals surface area contributed by atoms with E-state index in [9.17, 15) is 4.79 Å². The Bertz CT molecular complexity index is 483. The molecule has 0 saturated heterocycles. The molecule has 0 saturated carbocycles. The van der Waals surface area contributed by atoms with E-state index < -0.39 is 0 Å². The van der Waals surface area contributed by atoms with Gasteiger partial charge in [-0.3, -0.25) is 4.79 Å². The maximum atomic E-state index is 12.1. The minimum Gasteiger partial charge on any atom is -0.465 e. The van der Waals surface area contributed by atoms with E-state index in [1.807, 2.05) is 6.92 Å². The maximum Gasteiger partial charge on any atom is 0.315 e. The van der Waals surface area contributed by atoms with Crippen LogP contribution < -0.4 is 4.90 Å². The first-order valence-electron chi connectivity index (χ1n) is 8.01. The van der Waals surface area contributed by atoms with Crippen molar-refractivity contribution in [3.05, 3.63) is 10.6 Å². The Labute approximate surface area is 131 Å². The molecular weight excluding hydrogens is 284 g/mol. The largest absolute Gasteiger partial charge is 0.465 e. The summed E-state index contributed by atoms with van der Waals surface area (Å²) in [4.78, 5) is 20.5. The van der Waals surface area contributed by atoms with Crippen molar-refractivity contribution in [2.24, 2.45) is 0 Å². The SMILES string of the molecule is CCOC(=O)C1CCCc2sc(N(C)C(CC)CC)nc21. The number of carbonyl (C=O) groups excluding carboxylic acids is 1. The number of thiazole rings is 1. The first kappa shape index (κ1) is 16.3. The van der Waals surface area contributed by atoms with E-state index in [2.05, 4.69) is 25.8 Å². The second kappa shape index (κ2) is 7.25. The van der Waals surface area contributed by atoms with E-state index in [1.165, 1.54) is 4.88 Å². The van der Waals surface area contributed by atoms with Crippen LogP contribution in [0, 0.1) is 0 Å². The lowest BCUT2D eigenvalue weighted by Gasteiger charge is -2.25. The van der Waals surface area contributed by atoms with Crippen LogP contribution in [-0.2, 0) is 16.0 Å². The lowest BCUT2D eigenvalue weighted by Crippen LogP contribution is -2.30. The van der Waals surface area contributed by atoms with Gasteiger partial charge in [0.15, 0.2) is 5.13 Å². The van der Waals surface area contributed by atoms with Gasteiger partial charge in [-0.15, -0.1) is 11.3 Å². The molecule has 1 unspecified atom stereocenters. The number of fused-ring (bicyclic) bond motifs is 1. The fourth-order valence-corrected chi connectivity index (χ4v) is 4.22. The van der Waals surface area contributed by atoms with Gasteiger partial charge in [0.25, 0.3) is 0 Å². The van der Waals surface area contributed by atoms with Gasteiger partial charge in [-0.25, -0.2) is 4.98 Å². The van der Waals surface area contributed by atoms with Gasteiger partial charge in [-0.2, -0.15) is 0 Å². The number of esters is 1. The summed E-state index contributed by atoms with van der Waals surface area (Å²) in [6.07, 6.45) is 5.17. The average Bonchev–Trinajstić information content (AvgIpc) is 2.92. The summed E-state index contributed by atoms with van der Waals surface area (Å²) in [5.74, 6) is -0.269. The van der Waals surface area contributed by atoms with Crippen molar-refractivity contribution in [2.75, 3.05) is 18.6 Å². The zero-order valence-corrected chi connectivity index (χ0v) is 14.3. The fraction of sp³-hybridized carbons (Fsp3) is 0.750. The average molecular weight is 310 g/mol. The minimum atomic E-state index is -0.159. The van der Waals surface area contributed by atoms with E-state index in [4.69, 9.17) is 9.72 Å². The van der Waals surface area contributed by atoms with Crippen LogP contribution in [0.3, 0.4) is 0 Å². The third-order valence-corrected chi connectivity index (χ3v) is 5.53. The highest BCUT2D eigenvalue weighted by Crippen LogP contribution is 2.39. The molecule has 1 atom stereocenters. The third-order valence-electron chi connectivity index (χ3n) is 4.31. The van der Waals surface area contributed by atoms with Crippen molar-refractivity contribution in [3.8, 4) is 0 Å². The molecule has 4 nitrogen and oxygen atoms in total. The molecule has 0 aromatic carbocycles. The quantitative estimate of drug-likeness (QED) is 0.751. The highest BCUT2D eigenvalue weighted by molar-refractivity contribution is 7.15. The molecule has 2 rings (SSSR count). The predicted molar refractivity (Wildman–Crippen MR) is 87.2 cm³/mol. The summed E-state index contributed by atoms with van der Waals surface area (Å²) in [7, 11) is 2.11. The van der Waals surface area contributed by atoms with Crippen molar-refractivity contribution in [2.45, 2.75) is 64.8 Å². The Morgan fingerprint density at radius 3 is 2.76 bits per heavy atom. The number of hydrogen-bond acceptors (Lipinski definition) is 5. The molecule has 1 aromatic heterocycles. The number of aryl methyl sites for hydroxylation is 1. The molecule has 0 aliphatic heterocycles. The monoisotopic (exact) mass is 310 g/mol. The van der Waals surface area contributed by atoms with Crippen molar-refractivity contribution >= 4 is 22.4 Å². The molecule has 1 aliphatic rings. The molecule has 0 fully saturated rings. The highest BCUT2D eigenvalue weighted by Gasteiger charge is 2.32. The summed E-state index contributed by atoms with van der Waals surface area (Å²) in [5.41, 5.74) is 0.970. The number of aromatic nitrogens is 1. The molecule has 0 amide bonds. The van der Waals surface area contributed by atoms with Crippen LogP contribution in [0.1, 0.15) is 62.9 Å². The molecule has 0 N–H and O–H groups in total. The second-order valence-electron chi connectivity index (χ2n) is 5.58. The summed E-state index contributed by atoms with van der Waals surface area (Å²) in [6.45, 7) is 6.71. The van der Waals surface area contributed by atoms with Gasteiger partial charge >= 0.3 is 5.97 Å². The number of ether oxygens (including phenoxy) is 1. The lowest BCUT2D eigenvalue weighted by molar-refractivity contribution is -0.145. The first-order chi connectivity index (χ1) is 10.1. The zero-order chi connectivity index (χ0) is 15.4. The molecule has 1 heterocycles. The summed E-state index contributed by atoms with van der Waals surface area (Å²) < 4.78 is 5.21. The number of rotatable bonds is 6. The Balaban J connectivity index is 2.24. The fourth-order valence-electron chi connectivity index (χ4n) is 3.02. The van der Waals surface area contributed by atoms with Gasteiger partial charge < -0.3 is 9.64 Å². The molecule has 1 aromatic rings. The summed E-state index contributed by atoms with van der Waals surface area (Å²) in [5, 5.41) is 1.05. The number of anilines is 1. The topological polar surface area (TPSA) is 42.4 Å². The van der Waals surface area contributed by atoms with Gasteiger partial charge in [-0.05, 0) is 39.0 Å². The van der Waals surface area contributed by atoms with Gasteiger partial charge in [0.2, 0.25) is 0 Å². The summed E-state index contributed by atoms with van der Waals surface area (Å²) >= 11 is 1.75. The van der Waals surface area contributed by atoms with Crippen LogP contribution in [0.4, 0.5) is 5.13 Å². The van der Waals surface area contributed by atoms with Crippen molar-refractivity contribution in [1.29, 1.82) is 0 Å². The molecule has 21 heavy (non-hydrogen) atoms. The second-order valence-corrected chi connectivity index (χ2v) is 6.65. The molecule has 118 valence electrons. The van der Waals surface area contributed by atoms with Crippen molar-refractivity contribution in [1.82, 2.24) is 4.98 Å². The smallest absolute Gasteiger partial charge is 0.315 e. The van der Waals surface area contributed by atoms with E-state index in [0.29, 0.717) is 12.6 Å². The molecule has 0 spiro atoms. The van der Waals surface area contributed by atoms with E-state index >= 15 is 0 Å². The molecule has 5 heteroatoms. The van der Waals surface area contributed by atoms with Gasteiger partial charge in [0, 0.05) is 18.0 Å². The van der Waals surface area contributed by atoms with Crippen molar-refractivity contribution in [3.63, 3.8) is 0 Å². The lowest BCUT2D eigenvalue weighted by atomic mass is 9.91. The number of carbonyl (C=O) groups is 1. The van der Waals surface area contributed by atoms with Crippen molar-refractivity contribution < 1.29 is 9.53 Å². The van der Waals surface area contributed by atoms with E-state index in [1.54, 1.807) is 11.3 Å². The normalized spacial score (nSPS) is 17.7. The summed E-state index contributed by atoms with van der Waals surface area (Å²) in [6, 6.07) is 0.513. The van der Waals surface area contributed by atoms with Crippen LogP contribution in [0.5, 0.6) is 0 Å². The van der Waals surface area contributed by atoms with E-state index in [0.717, 1.165) is 42.9 Å². The van der Waals surface area contributed by atoms with Gasteiger partial charge in [0.1, 0.15) is 5.92 Å². The van der Waals surface area contributed by atoms with Crippen LogP contribution >= 0.6 is 11.3 Å². The third kappa shape index (κ3) is 3.39. The highest BCUT2D eigenvalue weighted by atomic mass is 32.1. The minimum absolute atomic E-state index is 0.111. The van der Waals surface area contributed by atoms with Crippen LogP contribution in [-0.4, -0.2) is 30.6 Å². The van der Waals surface area contributed by atoms with E-state index in [-0.39, 0.29) is 11.9 Å². The maximum absolute atomic E-state index is 12.1. The van der Waals surface area contributed by atoms with Crippen LogP contribution in [0.25, 0.3) is 0 Å². The number of hydrogen-bond donors (Lipinski definition) is 0. The first-order valence-corrected chi connectivity index (χ1v) is 8.82. The van der Waals surface area contributed by atoms with Crippen LogP contribution in [0.2, 0.25) is 0 Å².